The fraction of sp³-hybridized carbons (Fsp3) is 0.933. The number of amides is 1. The van der Waals surface area contributed by atoms with Gasteiger partial charge < -0.3 is 15.5 Å². The van der Waals surface area contributed by atoms with Crippen LogP contribution in [0.1, 0.15) is 45.4 Å². The molecule has 1 amide bonds. The number of rotatable bonds is 2. The first-order valence-electron chi connectivity index (χ1n) is 7.95. The molecule has 3 heterocycles. The van der Waals surface area contributed by atoms with Gasteiger partial charge in [-0.15, -0.1) is 0 Å². The largest absolute Gasteiger partial charge is 0.341 e. The van der Waals surface area contributed by atoms with Crippen molar-refractivity contribution in [3.05, 3.63) is 0 Å². The average molecular weight is 265 g/mol. The number of carbonyl (C=O) groups is 1. The van der Waals surface area contributed by atoms with E-state index in [-0.39, 0.29) is 5.54 Å². The Morgan fingerprint density at radius 3 is 2.47 bits per heavy atom. The summed E-state index contributed by atoms with van der Waals surface area (Å²) in [7, 11) is 0. The van der Waals surface area contributed by atoms with Crippen molar-refractivity contribution in [1.82, 2.24) is 15.5 Å². The summed E-state index contributed by atoms with van der Waals surface area (Å²) in [4.78, 5) is 14.9. The lowest BCUT2D eigenvalue weighted by molar-refractivity contribution is -0.140. The molecule has 1 spiro atoms. The lowest BCUT2D eigenvalue weighted by Gasteiger charge is -2.42. The number of likely N-dealkylation sites (tertiary alicyclic amines) is 1. The molecule has 0 bridgehead atoms. The standard InChI is InChI=1S/C15H27N3O/c1-2-15(4-3-8-17-15)13(19)18-10-6-14(7-11-18)5-9-16-12-14/h16-17H,2-12H2,1H3. The molecule has 0 aromatic rings. The second kappa shape index (κ2) is 5.06. The molecule has 0 aromatic carbocycles. The molecular formula is C15H27N3O. The van der Waals surface area contributed by atoms with Crippen LogP contribution >= 0.6 is 0 Å². The number of hydrogen-bond acceptors (Lipinski definition) is 3. The second-order valence-electron chi connectivity index (χ2n) is 6.68. The third kappa shape index (κ3) is 2.29. The van der Waals surface area contributed by atoms with Gasteiger partial charge in [0.2, 0.25) is 5.91 Å². The van der Waals surface area contributed by atoms with Crippen LogP contribution in [0.5, 0.6) is 0 Å². The highest BCUT2D eigenvalue weighted by atomic mass is 16.2. The maximum Gasteiger partial charge on any atom is 0.242 e. The van der Waals surface area contributed by atoms with Crippen molar-refractivity contribution in [1.29, 1.82) is 0 Å². The molecule has 3 rings (SSSR count). The Kier molecular flexibility index (Phi) is 3.56. The van der Waals surface area contributed by atoms with E-state index < -0.39 is 0 Å². The smallest absolute Gasteiger partial charge is 0.242 e. The van der Waals surface area contributed by atoms with Gasteiger partial charge in [-0.25, -0.2) is 0 Å². The highest BCUT2D eigenvalue weighted by Crippen LogP contribution is 2.38. The topological polar surface area (TPSA) is 44.4 Å². The number of piperidine rings is 1. The predicted octanol–water partition coefficient (Wildman–Crippen LogP) is 1.12. The van der Waals surface area contributed by atoms with E-state index in [1.54, 1.807) is 0 Å². The predicted molar refractivity (Wildman–Crippen MR) is 76.0 cm³/mol. The lowest BCUT2D eigenvalue weighted by atomic mass is 9.77. The van der Waals surface area contributed by atoms with Gasteiger partial charge in [-0.05, 0) is 57.0 Å². The van der Waals surface area contributed by atoms with Crippen LogP contribution in [0.15, 0.2) is 0 Å². The summed E-state index contributed by atoms with van der Waals surface area (Å²) in [5.41, 5.74) is 0.262. The molecular weight excluding hydrogens is 238 g/mol. The second-order valence-corrected chi connectivity index (χ2v) is 6.68. The van der Waals surface area contributed by atoms with Crippen LogP contribution in [0.3, 0.4) is 0 Å². The first-order valence-corrected chi connectivity index (χ1v) is 7.95. The number of hydrogen-bond donors (Lipinski definition) is 2. The molecule has 19 heavy (non-hydrogen) atoms. The SMILES string of the molecule is CCC1(C(=O)N2CCC3(CCNC3)CC2)CCCN1. The van der Waals surface area contributed by atoms with Crippen LogP contribution in [0.2, 0.25) is 0 Å². The van der Waals surface area contributed by atoms with Crippen molar-refractivity contribution in [2.24, 2.45) is 5.41 Å². The van der Waals surface area contributed by atoms with E-state index in [1.165, 1.54) is 19.3 Å². The normalized spacial score (nSPS) is 34.1. The zero-order valence-corrected chi connectivity index (χ0v) is 12.1. The lowest BCUT2D eigenvalue weighted by Crippen LogP contribution is -2.57. The summed E-state index contributed by atoms with van der Waals surface area (Å²) in [5, 5.41) is 6.96. The van der Waals surface area contributed by atoms with Gasteiger partial charge in [-0.1, -0.05) is 6.92 Å². The Bertz CT molecular complexity index is 333. The van der Waals surface area contributed by atoms with Gasteiger partial charge in [0, 0.05) is 19.6 Å². The van der Waals surface area contributed by atoms with Gasteiger partial charge in [0.25, 0.3) is 0 Å². The molecule has 0 saturated carbocycles. The van der Waals surface area contributed by atoms with E-state index in [4.69, 9.17) is 0 Å². The van der Waals surface area contributed by atoms with E-state index in [2.05, 4.69) is 22.5 Å². The zero-order valence-electron chi connectivity index (χ0n) is 12.1. The summed E-state index contributed by atoms with van der Waals surface area (Å²) in [6.45, 7) is 7.39. The summed E-state index contributed by atoms with van der Waals surface area (Å²) in [6.07, 6.45) is 6.76. The molecule has 3 saturated heterocycles. The zero-order chi connectivity index (χ0) is 13.3. The minimum absolute atomic E-state index is 0.238. The molecule has 0 aromatic heterocycles. The van der Waals surface area contributed by atoms with E-state index >= 15 is 0 Å². The van der Waals surface area contributed by atoms with Gasteiger partial charge in [-0.2, -0.15) is 0 Å². The Morgan fingerprint density at radius 1 is 1.16 bits per heavy atom. The van der Waals surface area contributed by atoms with Gasteiger partial charge in [-0.3, -0.25) is 4.79 Å². The monoisotopic (exact) mass is 265 g/mol. The Hall–Kier alpha value is -0.610. The van der Waals surface area contributed by atoms with Crippen LogP contribution in [-0.2, 0) is 4.79 Å². The van der Waals surface area contributed by atoms with Crippen LogP contribution in [0.25, 0.3) is 0 Å². The van der Waals surface area contributed by atoms with Gasteiger partial charge in [0.15, 0.2) is 0 Å². The van der Waals surface area contributed by atoms with Gasteiger partial charge in [0.05, 0.1) is 5.54 Å². The molecule has 1 unspecified atom stereocenters. The van der Waals surface area contributed by atoms with Crippen molar-refractivity contribution in [2.75, 3.05) is 32.7 Å². The summed E-state index contributed by atoms with van der Waals surface area (Å²) < 4.78 is 0. The van der Waals surface area contributed by atoms with E-state index in [0.29, 0.717) is 11.3 Å². The van der Waals surface area contributed by atoms with Gasteiger partial charge >= 0.3 is 0 Å². The van der Waals surface area contributed by atoms with Crippen molar-refractivity contribution >= 4 is 5.91 Å². The highest BCUT2D eigenvalue weighted by molar-refractivity contribution is 5.86. The van der Waals surface area contributed by atoms with E-state index in [1.807, 2.05) is 0 Å². The Labute approximate surface area is 116 Å². The Morgan fingerprint density at radius 2 is 1.95 bits per heavy atom. The quantitative estimate of drug-likeness (QED) is 0.786. The number of carbonyl (C=O) groups excluding carboxylic acids is 1. The fourth-order valence-electron chi connectivity index (χ4n) is 4.15. The fourth-order valence-corrected chi connectivity index (χ4v) is 4.15. The van der Waals surface area contributed by atoms with Crippen LogP contribution in [0.4, 0.5) is 0 Å². The molecule has 3 aliphatic heterocycles. The van der Waals surface area contributed by atoms with Crippen molar-refractivity contribution in [3.63, 3.8) is 0 Å². The molecule has 2 N–H and O–H groups in total. The van der Waals surface area contributed by atoms with Crippen molar-refractivity contribution in [2.45, 2.75) is 51.0 Å². The molecule has 4 heteroatoms. The molecule has 3 fully saturated rings. The number of nitrogens with one attached hydrogen (secondary N) is 2. The maximum atomic E-state index is 12.8. The molecule has 3 aliphatic rings. The first-order chi connectivity index (χ1) is 9.20. The highest BCUT2D eigenvalue weighted by Gasteiger charge is 2.45. The van der Waals surface area contributed by atoms with Crippen LogP contribution < -0.4 is 10.6 Å². The first kappa shape index (κ1) is 13.4. The van der Waals surface area contributed by atoms with Crippen molar-refractivity contribution in [3.8, 4) is 0 Å². The van der Waals surface area contributed by atoms with E-state index in [9.17, 15) is 4.79 Å². The van der Waals surface area contributed by atoms with Crippen LogP contribution in [0, 0.1) is 5.41 Å². The van der Waals surface area contributed by atoms with Gasteiger partial charge in [0.1, 0.15) is 0 Å². The van der Waals surface area contributed by atoms with E-state index in [0.717, 1.165) is 52.0 Å². The molecule has 0 radical (unpaired) electrons. The average Bonchev–Trinajstić information content (AvgIpc) is 3.09. The van der Waals surface area contributed by atoms with Crippen LogP contribution in [-0.4, -0.2) is 49.1 Å². The molecule has 4 nitrogen and oxygen atoms in total. The van der Waals surface area contributed by atoms with Crippen molar-refractivity contribution < 1.29 is 4.79 Å². The minimum Gasteiger partial charge on any atom is -0.341 e. The number of nitrogens with zero attached hydrogens (tertiary/aromatic N) is 1. The summed E-state index contributed by atoms with van der Waals surface area (Å²) in [6, 6.07) is 0. The minimum atomic E-state index is -0.238. The third-order valence-electron chi connectivity index (χ3n) is 5.70. The summed E-state index contributed by atoms with van der Waals surface area (Å²) >= 11 is 0. The Balaban J connectivity index is 1.63. The third-order valence-corrected chi connectivity index (χ3v) is 5.70. The summed E-state index contributed by atoms with van der Waals surface area (Å²) in [5.74, 6) is 0.369. The maximum absolute atomic E-state index is 12.8. The molecule has 108 valence electrons. The molecule has 1 atom stereocenters. The molecule has 0 aliphatic carbocycles.